The van der Waals surface area contributed by atoms with Crippen molar-refractivity contribution in [3.05, 3.63) is 69.2 Å². The van der Waals surface area contributed by atoms with Crippen LogP contribution < -0.4 is 5.32 Å². The molecule has 0 bridgehead atoms. The normalized spacial score (nSPS) is 16.9. The van der Waals surface area contributed by atoms with Crippen LogP contribution in [-0.4, -0.2) is 19.1 Å². The fourth-order valence-electron chi connectivity index (χ4n) is 2.60. The molecule has 0 fully saturated rings. The van der Waals surface area contributed by atoms with Crippen molar-refractivity contribution in [2.75, 3.05) is 13.2 Å². The van der Waals surface area contributed by atoms with Gasteiger partial charge in [0.25, 0.3) is 5.91 Å². The van der Waals surface area contributed by atoms with Gasteiger partial charge in [-0.25, -0.2) is 0 Å². The van der Waals surface area contributed by atoms with Gasteiger partial charge in [-0.2, -0.15) is 0 Å². The van der Waals surface area contributed by atoms with E-state index in [1.165, 1.54) is 5.56 Å². The molecular formula is C17H15Cl2NO2. The Hall–Kier alpha value is -1.55. The third-order valence-electron chi connectivity index (χ3n) is 3.72. The molecule has 0 radical (unpaired) electrons. The highest BCUT2D eigenvalue weighted by molar-refractivity contribution is 6.36. The van der Waals surface area contributed by atoms with Crippen molar-refractivity contribution < 1.29 is 9.53 Å². The van der Waals surface area contributed by atoms with Crippen LogP contribution in [-0.2, 0) is 11.2 Å². The minimum Gasteiger partial charge on any atom is -0.371 e. The summed E-state index contributed by atoms with van der Waals surface area (Å²) in [4.78, 5) is 12.2. The Morgan fingerprint density at radius 1 is 1.23 bits per heavy atom. The molecule has 114 valence electrons. The third kappa shape index (κ3) is 3.27. The number of carbonyl (C=O) groups is 1. The van der Waals surface area contributed by atoms with Crippen molar-refractivity contribution in [1.29, 1.82) is 0 Å². The van der Waals surface area contributed by atoms with Crippen molar-refractivity contribution >= 4 is 29.1 Å². The van der Waals surface area contributed by atoms with E-state index in [1.54, 1.807) is 18.2 Å². The number of rotatable bonds is 3. The maximum atomic E-state index is 12.2. The van der Waals surface area contributed by atoms with E-state index in [-0.39, 0.29) is 12.0 Å². The van der Waals surface area contributed by atoms with Crippen LogP contribution in [0, 0.1) is 0 Å². The van der Waals surface area contributed by atoms with Gasteiger partial charge < -0.3 is 10.1 Å². The van der Waals surface area contributed by atoms with Gasteiger partial charge in [0.2, 0.25) is 0 Å². The number of ether oxygens (including phenoxy) is 1. The molecule has 1 N–H and O–H groups in total. The lowest BCUT2D eigenvalue weighted by Crippen LogP contribution is -2.32. The SMILES string of the molecule is O=C(NCC1OCCc2ccccc21)c1ccc(Cl)cc1Cl. The summed E-state index contributed by atoms with van der Waals surface area (Å²) in [6, 6.07) is 13.0. The molecule has 0 saturated heterocycles. The molecular weight excluding hydrogens is 321 g/mol. The Labute approximate surface area is 139 Å². The first kappa shape index (κ1) is 15.3. The van der Waals surface area contributed by atoms with Crippen LogP contribution in [0.1, 0.15) is 27.6 Å². The third-order valence-corrected chi connectivity index (χ3v) is 4.26. The minimum absolute atomic E-state index is 0.125. The Morgan fingerprint density at radius 2 is 2.05 bits per heavy atom. The van der Waals surface area contributed by atoms with Gasteiger partial charge in [-0.1, -0.05) is 47.5 Å². The lowest BCUT2D eigenvalue weighted by molar-refractivity contribution is 0.0411. The second-order valence-electron chi connectivity index (χ2n) is 5.14. The largest absolute Gasteiger partial charge is 0.371 e. The zero-order chi connectivity index (χ0) is 15.5. The lowest BCUT2D eigenvalue weighted by atomic mass is 9.97. The van der Waals surface area contributed by atoms with Gasteiger partial charge in [-0.3, -0.25) is 4.79 Å². The minimum atomic E-state index is -0.228. The summed E-state index contributed by atoms with van der Waals surface area (Å²) in [7, 11) is 0. The van der Waals surface area contributed by atoms with E-state index in [2.05, 4.69) is 11.4 Å². The summed E-state index contributed by atoms with van der Waals surface area (Å²) in [5.41, 5.74) is 2.82. The Balaban J connectivity index is 1.69. The van der Waals surface area contributed by atoms with Crippen LogP contribution in [0.15, 0.2) is 42.5 Å². The average molecular weight is 336 g/mol. The molecule has 0 aliphatic carbocycles. The summed E-state index contributed by atoms with van der Waals surface area (Å²) in [5.74, 6) is -0.228. The maximum Gasteiger partial charge on any atom is 0.252 e. The number of fused-ring (bicyclic) bond motifs is 1. The van der Waals surface area contributed by atoms with E-state index in [1.807, 2.05) is 18.2 Å². The highest BCUT2D eigenvalue weighted by atomic mass is 35.5. The van der Waals surface area contributed by atoms with Crippen molar-refractivity contribution in [2.45, 2.75) is 12.5 Å². The molecule has 5 heteroatoms. The fourth-order valence-corrected chi connectivity index (χ4v) is 3.09. The molecule has 1 aliphatic rings. The second kappa shape index (κ2) is 6.69. The summed E-state index contributed by atoms with van der Waals surface area (Å²) in [5, 5.41) is 3.73. The smallest absolute Gasteiger partial charge is 0.252 e. The molecule has 1 heterocycles. The van der Waals surface area contributed by atoms with E-state index in [9.17, 15) is 4.79 Å². The van der Waals surface area contributed by atoms with Crippen LogP contribution in [0.25, 0.3) is 0 Å². The molecule has 1 unspecified atom stereocenters. The van der Waals surface area contributed by atoms with E-state index in [0.29, 0.717) is 28.8 Å². The molecule has 2 aromatic rings. The molecule has 1 amide bonds. The summed E-state index contributed by atoms with van der Waals surface area (Å²) < 4.78 is 5.77. The van der Waals surface area contributed by atoms with E-state index >= 15 is 0 Å². The van der Waals surface area contributed by atoms with Crippen LogP contribution in [0.2, 0.25) is 10.0 Å². The maximum absolute atomic E-state index is 12.2. The van der Waals surface area contributed by atoms with Crippen LogP contribution in [0.4, 0.5) is 0 Å². The summed E-state index contributed by atoms with van der Waals surface area (Å²) >= 11 is 11.9. The van der Waals surface area contributed by atoms with Crippen molar-refractivity contribution in [3.8, 4) is 0 Å². The number of hydrogen-bond acceptors (Lipinski definition) is 2. The zero-order valence-corrected chi connectivity index (χ0v) is 13.3. The van der Waals surface area contributed by atoms with Crippen molar-refractivity contribution in [1.82, 2.24) is 5.32 Å². The average Bonchev–Trinajstić information content (AvgIpc) is 2.52. The van der Waals surface area contributed by atoms with Gasteiger partial charge in [0.15, 0.2) is 0 Å². The summed E-state index contributed by atoms with van der Waals surface area (Å²) in [6.07, 6.45) is 0.781. The predicted molar refractivity (Wildman–Crippen MR) is 87.6 cm³/mol. The number of amides is 1. The molecule has 0 saturated carbocycles. The van der Waals surface area contributed by atoms with Crippen LogP contribution >= 0.6 is 23.2 Å². The zero-order valence-electron chi connectivity index (χ0n) is 11.8. The first-order valence-electron chi connectivity index (χ1n) is 7.08. The first-order chi connectivity index (χ1) is 10.6. The Kier molecular flexibility index (Phi) is 4.67. The first-order valence-corrected chi connectivity index (χ1v) is 7.83. The Morgan fingerprint density at radius 3 is 2.86 bits per heavy atom. The fraction of sp³-hybridized carbons (Fsp3) is 0.235. The van der Waals surface area contributed by atoms with E-state index < -0.39 is 0 Å². The van der Waals surface area contributed by atoms with Crippen molar-refractivity contribution in [3.63, 3.8) is 0 Å². The molecule has 3 rings (SSSR count). The Bertz CT molecular complexity index is 703. The number of nitrogens with one attached hydrogen (secondary N) is 1. The molecule has 22 heavy (non-hydrogen) atoms. The molecule has 0 aromatic heterocycles. The van der Waals surface area contributed by atoms with Crippen LogP contribution in [0.5, 0.6) is 0 Å². The van der Waals surface area contributed by atoms with Gasteiger partial charge in [0.05, 0.1) is 17.2 Å². The topological polar surface area (TPSA) is 38.3 Å². The highest BCUT2D eigenvalue weighted by Crippen LogP contribution is 2.26. The molecule has 2 aromatic carbocycles. The van der Waals surface area contributed by atoms with E-state index in [4.69, 9.17) is 27.9 Å². The standard InChI is InChI=1S/C17H15Cl2NO2/c18-12-5-6-14(15(19)9-12)17(21)20-10-16-13-4-2-1-3-11(13)7-8-22-16/h1-6,9,16H,7-8,10H2,(H,20,21). The lowest BCUT2D eigenvalue weighted by Gasteiger charge is -2.26. The quantitative estimate of drug-likeness (QED) is 0.919. The monoisotopic (exact) mass is 335 g/mol. The molecule has 1 atom stereocenters. The number of carbonyl (C=O) groups excluding carboxylic acids is 1. The van der Waals surface area contributed by atoms with Gasteiger partial charge in [-0.05, 0) is 35.7 Å². The number of hydrogen-bond donors (Lipinski definition) is 1. The van der Waals surface area contributed by atoms with Crippen molar-refractivity contribution in [2.24, 2.45) is 0 Å². The molecule has 1 aliphatic heterocycles. The van der Waals surface area contributed by atoms with E-state index in [0.717, 1.165) is 12.0 Å². The number of halogens is 2. The van der Waals surface area contributed by atoms with Gasteiger partial charge in [-0.15, -0.1) is 0 Å². The van der Waals surface area contributed by atoms with Gasteiger partial charge in [0, 0.05) is 11.6 Å². The summed E-state index contributed by atoms with van der Waals surface area (Å²) in [6.45, 7) is 1.08. The van der Waals surface area contributed by atoms with Gasteiger partial charge in [0.1, 0.15) is 6.10 Å². The second-order valence-corrected chi connectivity index (χ2v) is 5.99. The van der Waals surface area contributed by atoms with Crippen LogP contribution in [0.3, 0.4) is 0 Å². The predicted octanol–water partition coefficient (Wildman–Crippen LogP) is 4.04. The number of benzene rings is 2. The molecule has 0 spiro atoms. The highest BCUT2D eigenvalue weighted by Gasteiger charge is 2.21. The molecule has 3 nitrogen and oxygen atoms in total. The van der Waals surface area contributed by atoms with Gasteiger partial charge >= 0.3 is 0 Å².